The van der Waals surface area contributed by atoms with Crippen molar-refractivity contribution in [2.45, 2.75) is 51.1 Å². The Bertz CT molecular complexity index is 255. The van der Waals surface area contributed by atoms with Crippen LogP contribution in [0.1, 0.15) is 39.0 Å². The lowest BCUT2D eigenvalue weighted by atomic mass is 10.0. The van der Waals surface area contributed by atoms with E-state index in [9.17, 15) is 4.79 Å². The van der Waals surface area contributed by atoms with Crippen molar-refractivity contribution in [3.05, 3.63) is 0 Å². The zero-order valence-electron chi connectivity index (χ0n) is 10.9. The molecule has 2 heterocycles. The molecule has 2 fully saturated rings. The van der Waals surface area contributed by atoms with Gasteiger partial charge in [0, 0.05) is 19.1 Å². The molecular formula is C13H25N3O. The first-order valence-electron chi connectivity index (χ1n) is 6.97. The van der Waals surface area contributed by atoms with Crippen LogP contribution in [0.3, 0.4) is 0 Å². The molecule has 2 rings (SSSR count). The van der Waals surface area contributed by atoms with Crippen LogP contribution in [-0.2, 0) is 4.79 Å². The highest BCUT2D eigenvalue weighted by molar-refractivity contribution is 5.81. The number of hydrogen-bond acceptors (Lipinski definition) is 3. The summed E-state index contributed by atoms with van der Waals surface area (Å²) in [5.41, 5.74) is 5.87. The fourth-order valence-corrected chi connectivity index (χ4v) is 2.85. The van der Waals surface area contributed by atoms with Gasteiger partial charge in [0.05, 0.1) is 6.04 Å². The number of carbonyl (C=O) groups is 1. The van der Waals surface area contributed by atoms with Crippen molar-refractivity contribution in [1.29, 1.82) is 0 Å². The fourth-order valence-electron chi connectivity index (χ4n) is 2.85. The van der Waals surface area contributed by atoms with Gasteiger partial charge in [0.1, 0.15) is 0 Å². The second-order valence-corrected chi connectivity index (χ2v) is 5.44. The molecule has 0 aromatic heterocycles. The molecule has 0 saturated carbocycles. The monoisotopic (exact) mass is 239 g/mol. The molecule has 0 aliphatic carbocycles. The topological polar surface area (TPSA) is 49.6 Å². The highest BCUT2D eigenvalue weighted by atomic mass is 16.2. The molecule has 1 amide bonds. The van der Waals surface area contributed by atoms with Gasteiger partial charge < -0.3 is 10.6 Å². The summed E-state index contributed by atoms with van der Waals surface area (Å²) < 4.78 is 0. The van der Waals surface area contributed by atoms with Crippen LogP contribution in [0.5, 0.6) is 0 Å². The molecule has 4 heteroatoms. The quantitative estimate of drug-likeness (QED) is 0.776. The van der Waals surface area contributed by atoms with E-state index in [-0.39, 0.29) is 6.04 Å². The molecule has 1 atom stereocenters. The van der Waals surface area contributed by atoms with Crippen molar-refractivity contribution in [2.75, 3.05) is 26.2 Å². The number of nitrogens with zero attached hydrogens (tertiary/aromatic N) is 2. The summed E-state index contributed by atoms with van der Waals surface area (Å²) >= 11 is 0. The number of amides is 1. The van der Waals surface area contributed by atoms with E-state index in [0.29, 0.717) is 11.9 Å². The van der Waals surface area contributed by atoms with Crippen LogP contribution in [-0.4, -0.2) is 54.0 Å². The van der Waals surface area contributed by atoms with Gasteiger partial charge in [0.15, 0.2) is 0 Å². The predicted octanol–water partition coefficient (Wildman–Crippen LogP) is 0.811. The van der Waals surface area contributed by atoms with Gasteiger partial charge in [-0.2, -0.15) is 0 Å². The summed E-state index contributed by atoms with van der Waals surface area (Å²) in [7, 11) is 0. The zero-order chi connectivity index (χ0) is 12.3. The third-order valence-corrected chi connectivity index (χ3v) is 4.15. The third-order valence-electron chi connectivity index (χ3n) is 4.15. The number of rotatable bonds is 2. The Balaban J connectivity index is 1.85. The molecule has 17 heavy (non-hydrogen) atoms. The average Bonchev–Trinajstić information content (AvgIpc) is 2.39. The van der Waals surface area contributed by atoms with E-state index < -0.39 is 0 Å². The van der Waals surface area contributed by atoms with Gasteiger partial charge in [-0.3, -0.25) is 9.69 Å². The van der Waals surface area contributed by atoms with Crippen LogP contribution in [0, 0.1) is 0 Å². The molecule has 0 radical (unpaired) electrons. The minimum absolute atomic E-state index is 0.0598. The van der Waals surface area contributed by atoms with E-state index in [1.165, 1.54) is 19.3 Å². The lowest BCUT2D eigenvalue weighted by molar-refractivity contribution is -0.137. The Hall–Kier alpha value is -0.610. The lowest BCUT2D eigenvalue weighted by Crippen LogP contribution is -2.52. The first-order chi connectivity index (χ1) is 8.18. The minimum Gasteiger partial charge on any atom is -0.341 e. The van der Waals surface area contributed by atoms with E-state index in [1.807, 2.05) is 4.90 Å². The summed E-state index contributed by atoms with van der Waals surface area (Å²) in [4.78, 5) is 16.7. The summed E-state index contributed by atoms with van der Waals surface area (Å²) in [5.74, 6) is 0.304. The molecule has 98 valence electrons. The van der Waals surface area contributed by atoms with Crippen molar-refractivity contribution < 1.29 is 4.79 Å². The molecule has 1 unspecified atom stereocenters. The van der Waals surface area contributed by atoms with Crippen LogP contribution in [0.25, 0.3) is 0 Å². The van der Waals surface area contributed by atoms with Crippen LogP contribution in [0.2, 0.25) is 0 Å². The maximum Gasteiger partial charge on any atom is 0.239 e. The zero-order valence-corrected chi connectivity index (χ0v) is 10.9. The second-order valence-electron chi connectivity index (χ2n) is 5.44. The Morgan fingerprint density at radius 3 is 2.29 bits per heavy atom. The Morgan fingerprint density at radius 2 is 1.71 bits per heavy atom. The average molecular weight is 239 g/mol. The molecule has 2 aliphatic rings. The van der Waals surface area contributed by atoms with Crippen molar-refractivity contribution in [1.82, 2.24) is 9.80 Å². The number of piperidine rings is 2. The summed E-state index contributed by atoms with van der Waals surface area (Å²) in [5, 5.41) is 0. The lowest BCUT2D eigenvalue weighted by Gasteiger charge is -2.37. The molecule has 2 aliphatic heterocycles. The van der Waals surface area contributed by atoms with Crippen LogP contribution < -0.4 is 5.73 Å². The van der Waals surface area contributed by atoms with Gasteiger partial charge >= 0.3 is 0 Å². The van der Waals surface area contributed by atoms with E-state index in [2.05, 4.69) is 11.8 Å². The van der Waals surface area contributed by atoms with Gasteiger partial charge in [-0.15, -0.1) is 0 Å². The Kier molecular flexibility index (Phi) is 4.40. The molecule has 0 spiro atoms. The van der Waals surface area contributed by atoms with Crippen LogP contribution >= 0.6 is 0 Å². The first-order valence-corrected chi connectivity index (χ1v) is 6.97. The molecular weight excluding hydrogens is 214 g/mol. The fraction of sp³-hybridized carbons (Fsp3) is 0.923. The van der Waals surface area contributed by atoms with Crippen molar-refractivity contribution >= 4 is 5.91 Å². The summed E-state index contributed by atoms with van der Waals surface area (Å²) in [6.45, 7) is 5.92. The van der Waals surface area contributed by atoms with Gasteiger partial charge in [-0.05, 0) is 45.7 Å². The summed E-state index contributed by atoms with van der Waals surface area (Å²) in [6.07, 6.45) is 5.71. The number of carbonyl (C=O) groups excluding carboxylic acids is 1. The van der Waals surface area contributed by atoms with Crippen molar-refractivity contribution in [3.8, 4) is 0 Å². The molecule has 2 saturated heterocycles. The van der Waals surface area contributed by atoms with Crippen LogP contribution in [0.4, 0.5) is 0 Å². The molecule has 2 N–H and O–H groups in total. The summed E-state index contributed by atoms with van der Waals surface area (Å²) in [6, 6.07) is 0.356. The number of nitrogens with two attached hydrogens (primary N) is 1. The van der Waals surface area contributed by atoms with E-state index in [4.69, 9.17) is 5.73 Å². The van der Waals surface area contributed by atoms with Gasteiger partial charge in [0.2, 0.25) is 5.91 Å². The van der Waals surface area contributed by atoms with Gasteiger partial charge in [-0.1, -0.05) is 6.42 Å². The maximum absolute atomic E-state index is 12.3. The highest BCUT2D eigenvalue weighted by Gasteiger charge is 2.28. The van der Waals surface area contributed by atoms with Crippen molar-refractivity contribution in [3.63, 3.8) is 0 Å². The van der Waals surface area contributed by atoms with E-state index in [1.54, 1.807) is 0 Å². The Labute approximate surface area is 104 Å². The number of hydrogen-bond donors (Lipinski definition) is 1. The highest BCUT2D eigenvalue weighted by Crippen LogP contribution is 2.16. The first kappa shape index (κ1) is 12.8. The number of likely N-dealkylation sites (tertiary alicyclic amines) is 2. The maximum atomic E-state index is 12.3. The molecule has 4 nitrogen and oxygen atoms in total. The van der Waals surface area contributed by atoms with E-state index >= 15 is 0 Å². The Morgan fingerprint density at radius 1 is 1.12 bits per heavy atom. The molecule has 0 aromatic carbocycles. The van der Waals surface area contributed by atoms with Crippen molar-refractivity contribution in [2.24, 2.45) is 5.73 Å². The third kappa shape index (κ3) is 3.19. The predicted molar refractivity (Wildman–Crippen MR) is 68.7 cm³/mol. The van der Waals surface area contributed by atoms with E-state index in [0.717, 1.165) is 39.0 Å². The second kappa shape index (κ2) is 5.83. The normalized spacial score (nSPS) is 25.9. The molecule has 0 bridgehead atoms. The minimum atomic E-state index is 0.0598. The SMILES string of the molecule is CC(C(=O)N1CCC(N)CC1)N1CCCCC1. The smallest absolute Gasteiger partial charge is 0.239 e. The van der Waals surface area contributed by atoms with Gasteiger partial charge in [0.25, 0.3) is 0 Å². The van der Waals surface area contributed by atoms with Crippen LogP contribution in [0.15, 0.2) is 0 Å². The largest absolute Gasteiger partial charge is 0.341 e. The standard InChI is InChI=1S/C13H25N3O/c1-11(15-7-3-2-4-8-15)13(17)16-9-5-12(14)6-10-16/h11-12H,2-10,14H2,1H3. The molecule has 0 aromatic rings. The van der Waals surface area contributed by atoms with Gasteiger partial charge in [-0.25, -0.2) is 0 Å².